The molecule has 1 amide bonds. The zero-order valence-corrected chi connectivity index (χ0v) is 24.3. The molecule has 0 aliphatic carbocycles. The number of amides is 1. The number of ether oxygens (including phenoxy) is 1. The van der Waals surface area contributed by atoms with Crippen LogP contribution in [0.3, 0.4) is 0 Å². The molecule has 216 valence electrons. The molecule has 3 heterocycles. The molecule has 0 spiro atoms. The van der Waals surface area contributed by atoms with Crippen molar-refractivity contribution >= 4 is 23.1 Å². The topological polar surface area (TPSA) is 117 Å². The Kier molecular flexibility index (Phi) is 8.12. The molecular formula is C31H39N7O3. The van der Waals surface area contributed by atoms with Crippen molar-refractivity contribution in [2.75, 3.05) is 25.0 Å². The van der Waals surface area contributed by atoms with Gasteiger partial charge in [-0.15, -0.1) is 0 Å². The fourth-order valence-electron chi connectivity index (χ4n) is 5.53. The number of aromatic nitrogens is 4. The van der Waals surface area contributed by atoms with E-state index in [0.717, 1.165) is 11.1 Å². The molecule has 2 unspecified atom stereocenters. The first-order valence-electron chi connectivity index (χ1n) is 14.1. The number of anilines is 1. The number of rotatable bonds is 8. The summed E-state index contributed by atoms with van der Waals surface area (Å²) in [6, 6.07) is 18.6. The highest BCUT2D eigenvalue weighted by Gasteiger charge is 2.42. The van der Waals surface area contributed by atoms with Crippen molar-refractivity contribution in [2.45, 2.75) is 59.3 Å². The molecule has 1 saturated heterocycles. The number of nitrogens with one attached hydrogen (secondary N) is 2. The number of carboxylic acid groups (broad SMARTS) is 1. The lowest BCUT2D eigenvalue weighted by Crippen LogP contribution is -2.65. The summed E-state index contributed by atoms with van der Waals surface area (Å²) in [5.41, 5.74) is 4.52. The van der Waals surface area contributed by atoms with E-state index in [-0.39, 0.29) is 36.2 Å². The zero-order valence-electron chi connectivity index (χ0n) is 24.3. The van der Waals surface area contributed by atoms with Gasteiger partial charge in [-0.1, -0.05) is 75.4 Å². The lowest BCUT2D eigenvalue weighted by atomic mass is 9.80. The zero-order chi connectivity index (χ0) is 29.1. The monoisotopic (exact) mass is 557 g/mol. The van der Waals surface area contributed by atoms with Crippen LogP contribution in [-0.4, -0.2) is 67.4 Å². The van der Waals surface area contributed by atoms with Crippen LogP contribution in [0.15, 0.2) is 60.9 Å². The third-order valence-electron chi connectivity index (χ3n) is 7.48. The molecule has 1 fully saturated rings. The van der Waals surface area contributed by atoms with Gasteiger partial charge in [0.15, 0.2) is 17.0 Å². The van der Waals surface area contributed by atoms with Crippen molar-refractivity contribution in [3.05, 3.63) is 66.5 Å². The minimum absolute atomic E-state index is 0.149. The molecule has 3 N–H and O–H groups in total. The molecule has 0 radical (unpaired) electrons. The van der Waals surface area contributed by atoms with Gasteiger partial charge >= 0.3 is 12.1 Å². The average Bonchev–Trinajstić information content (AvgIpc) is 3.39. The smallest absolute Gasteiger partial charge is 0.407 e. The third kappa shape index (κ3) is 6.27. The van der Waals surface area contributed by atoms with Gasteiger partial charge in [0.25, 0.3) is 0 Å². The van der Waals surface area contributed by atoms with Gasteiger partial charge in [-0.3, -0.25) is 0 Å². The average molecular weight is 558 g/mol. The molecule has 2 aromatic carbocycles. The van der Waals surface area contributed by atoms with Crippen molar-refractivity contribution in [1.82, 2.24) is 29.7 Å². The summed E-state index contributed by atoms with van der Waals surface area (Å²) in [6.07, 6.45) is 0.856. The van der Waals surface area contributed by atoms with E-state index < -0.39 is 6.09 Å². The molecule has 41 heavy (non-hydrogen) atoms. The van der Waals surface area contributed by atoms with Crippen LogP contribution in [0.2, 0.25) is 0 Å². The number of hydrogen-bond acceptors (Lipinski definition) is 7. The number of imidazole rings is 1. The van der Waals surface area contributed by atoms with E-state index in [1.54, 1.807) is 6.33 Å². The number of nitrogens with zero attached hydrogens (tertiary/aromatic N) is 5. The van der Waals surface area contributed by atoms with Crippen LogP contribution in [0.25, 0.3) is 22.3 Å². The van der Waals surface area contributed by atoms with Crippen LogP contribution in [0.4, 0.5) is 10.6 Å². The van der Waals surface area contributed by atoms with Crippen LogP contribution in [0.5, 0.6) is 6.01 Å². The van der Waals surface area contributed by atoms with Crippen LogP contribution >= 0.6 is 0 Å². The second-order valence-corrected chi connectivity index (χ2v) is 11.8. The van der Waals surface area contributed by atoms with E-state index >= 15 is 0 Å². The first-order valence-corrected chi connectivity index (χ1v) is 14.1. The Morgan fingerprint density at radius 3 is 2.46 bits per heavy atom. The minimum atomic E-state index is -0.918. The van der Waals surface area contributed by atoms with Crippen molar-refractivity contribution < 1.29 is 14.6 Å². The highest BCUT2D eigenvalue weighted by Crippen LogP contribution is 2.30. The maximum Gasteiger partial charge on any atom is 0.407 e. The Bertz CT molecular complexity index is 1480. The highest BCUT2D eigenvalue weighted by atomic mass is 16.5. The van der Waals surface area contributed by atoms with Gasteiger partial charge in [0.1, 0.15) is 6.61 Å². The molecule has 1 aliphatic heterocycles. The molecule has 1 aliphatic rings. The number of benzene rings is 2. The molecule has 0 saturated carbocycles. The fourth-order valence-corrected chi connectivity index (χ4v) is 5.53. The predicted octanol–water partition coefficient (Wildman–Crippen LogP) is 5.43. The highest BCUT2D eigenvalue weighted by molar-refractivity contribution is 5.83. The van der Waals surface area contributed by atoms with E-state index in [2.05, 4.69) is 65.9 Å². The molecule has 2 atom stereocenters. The fraction of sp³-hybridized carbons (Fsp3) is 0.419. The van der Waals surface area contributed by atoms with E-state index in [4.69, 9.17) is 14.7 Å². The maximum absolute atomic E-state index is 12.0. The van der Waals surface area contributed by atoms with E-state index in [1.165, 1.54) is 10.5 Å². The summed E-state index contributed by atoms with van der Waals surface area (Å²) in [4.78, 5) is 27.5. The molecule has 4 aromatic rings. The minimum Gasteiger partial charge on any atom is -0.465 e. The van der Waals surface area contributed by atoms with Crippen molar-refractivity contribution in [3.8, 4) is 17.1 Å². The van der Waals surface area contributed by atoms with Crippen molar-refractivity contribution in [3.63, 3.8) is 0 Å². The Morgan fingerprint density at radius 1 is 1.10 bits per heavy atom. The lowest BCUT2D eigenvalue weighted by Gasteiger charge is -2.46. The first-order chi connectivity index (χ1) is 19.6. The summed E-state index contributed by atoms with van der Waals surface area (Å²) < 4.78 is 8.18. The van der Waals surface area contributed by atoms with Gasteiger partial charge < -0.3 is 29.9 Å². The van der Waals surface area contributed by atoms with Gasteiger partial charge in [-0.05, 0) is 36.0 Å². The normalized spacial score (nSPS) is 17.7. The van der Waals surface area contributed by atoms with Crippen LogP contribution < -0.4 is 15.4 Å². The summed E-state index contributed by atoms with van der Waals surface area (Å²) in [7, 11) is 0. The van der Waals surface area contributed by atoms with E-state index in [9.17, 15) is 9.90 Å². The van der Waals surface area contributed by atoms with Crippen molar-refractivity contribution in [1.29, 1.82) is 0 Å². The second-order valence-electron chi connectivity index (χ2n) is 11.8. The number of fused-ring (bicyclic) bond motifs is 1. The van der Waals surface area contributed by atoms with Gasteiger partial charge in [0.2, 0.25) is 0 Å². The van der Waals surface area contributed by atoms with Gasteiger partial charge in [0.05, 0.1) is 18.4 Å². The molecule has 0 bridgehead atoms. The largest absolute Gasteiger partial charge is 0.465 e. The van der Waals surface area contributed by atoms with Gasteiger partial charge in [-0.25, -0.2) is 9.78 Å². The van der Waals surface area contributed by atoms with E-state index in [1.807, 2.05) is 43.5 Å². The predicted molar refractivity (Wildman–Crippen MR) is 160 cm³/mol. The number of carbonyl (C=O) groups is 1. The summed E-state index contributed by atoms with van der Waals surface area (Å²) in [5, 5.41) is 16.7. The lowest BCUT2D eigenvalue weighted by molar-refractivity contribution is 0.0269. The van der Waals surface area contributed by atoms with Gasteiger partial charge in [-0.2, -0.15) is 9.97 Å². The Hall–Kier alpha value is -4.18. The maximum atomic E-state index is 12.0. The molecule has 2 aromatic heterocycles. The second kappa shape index (κ2) is 11.7. The number of hydrogen-bond donors (Lipinski definition) is 3. The third-order valence-corrected chi connectivity index (χ3v) is 7.48. The molecule has 10 nitrogen and oxygen atoms in total. The molecular weight excluding hydrogens is 518 g/mol. The van der Waals surface area contributed by atoms with E-state index in [0.29, 0.717) is 36.6 Å². The van der Waals surface area contributed by atoms with Crippen LogP contribution in [-0.2, 0) is 6.54 Å². The first kappa shape index (κ1) is 28.4. The van der Waals surface area contributed by atoms with Crippen LogP contribution in [0.1, 0.15) is 46.2 Å². The summed E-state index contributed by atoms with van der Waals surface area (Å²) in [5.74, 6) is 0.590. The molecule has 5 rings (SSSR count). The molecule has 10 heteroatoms. The quantitative estimate of drug-likeness (QED) is 0.263. The Morgan fingerprint density at radius 2 is 1.80 bits per heavy atom. The summed E-state index contributed by atoms with van der Waals surface area (Å²) >= 11 is 0. The number of piperazine rings is 1. The summed E-state index contributed by atoms with van der Waals surface area (Å²) in [6.45, 7) is 12.1. The Labute approximate surface area is 240 Å². The Balaban J connectivity index is 1.37. The SMILES string of the molecule is CC(C)n1cnc2c(NCc3ccc(-c4ccccc4)cc3)nc(OCC3NCCN(C(=O)O)C3C(C)(C)C)nc21. The van der Waals surface area contributed by atoms with Crippen LogP contribution in [0, 0.1) is 5.41 Å². The standard InChI is InChI=1S/C31H39N7O3/c1-20(2)38-19-34-25-27(33-17-21-11-13-23(14-12-21)22-9-7-6-8-10-22)35-29(36-28(25)38)41-18-24-26(31(3,4)5)37(30(39)40)16-15-32-24/h6-14,19-20,24,26,32H,15-18H2,1-5H3,(H,39,40)(H,33,35,36). The van der Waals surface area contributed by atoms with Gasteiger partial charge in [0, 0.05) is 25.7 Å². The van der Waals surface area contributed by atoms with Crippen molar-refractivity contribution in [2.24, 2.45) is 5.41 Å².